The normalized spacial score (nSPS) is 20.1. The Morgan fingerprint density at radius 3 is 2.95 bits per heavy atom. The van der Waals surface area contributed by atoms with Gasteiger partial charge in [0, 0.05) is 31.2 Å². The molecule has 3 nitrogen and oxygen atoms in total. The highest BCUT2D eigenvalue weighted by Crippen LogP contribution is 2.18. The molecule has 0 bridgehead atoms. The average molecular weight is 293 g/mol. The van der Waals surface area contributed by atoms with E-state index in [1.165, 1.54) is 19.4 Å². The molecular formula is C17H28FN3. The smallest absolute Gasteiger partial charge is 0.127 e. The molecule has 1 saturated heterocycles. The van der Waals surface area contributed by atoms with Gasteiger partial charge in [0.25, 0.3) is 0 Å². The molecule has 1 atom stereocenters. The molecule has 1 unspecified atom stereocenters. The summed E-state index contributed by atoms with van der Waals surface area (Å²) in [5.74, 6) is -0.0914. The Balaban J connectivity index is 2.00. The van der Waals surface area contributed by atoms with E-state index in [-0.39, 0.29) is 5.82 Å². The highest BCUT2D eigenvalue weighted by molar-refractivity contribution is 5.25. The molecule has 1 fully saturated rings. The molecule has 0 aromatic heterocycles. The van der Waals surface area contributed by atoms with E-state index in [1.54, 1.807) is 6.07 Å². The summed E-state index contributed by atoms with van der Waals surface area (Å²) in [7, 11) is 4.28. The molecule has 1 N–H and O–H groups in total. The zero-order valence-electron chi connectivity index (χ0n) is 13.5. The number of benzene rings is 1. The van der Waals surface area contributed by atoms with E-state index in [4.69, 9.17) is 0 Å². The van der Waals surface area contributed by atoms with Crippen LogP contribution in [0.2, 0.25) is 0 Å². The van der Waals surface area contributed by atoms with E-state index < -0.39 is 0 Å². The Hall–Kier alpha value is -0.970. The fourth-order valence-corrected chi connectivity index (χ4v) is 3.03. The molecule has 1 aromatic rings. The van der Waals surface area contributed by atoms with Crippen molar-refractivity contribution >= 4 is 0 Å². The third-order valence-electron chi connectivity index (χ3n) is 4.33. The largest absolute Gasteiger partial charge is 0.313 e. The molecule has 4 heteroatoms. The monoisotopic (exact) mass is 293 g/mol. The predicted octanol–water partition coefficient (Wildman–Crippen LogP) is 2.46. The molecule has 118 valence electrons. The fraction of sp³-hybridized carbons (Fsp3) is 0.647. The zero-order chi connectivity index (χ0) is 15.2. The highest BCUT2D eigenvalue weighted by Gasteiger charge is 2.21. The second-order valence-electron chi connectivity index (χ2n) is 6.18. The minimum Gasteiger partial charge on any atom is -0.313 e. The molecule has 0 saturated carbocycles. The highest BCUT2D eigenvalue weighted by atomic mass is 19.1. The van der Waals surface area contributed by atoms with Gasteiger partial charge in [-0.3, -0.25) is 4.90 Å². The van der Waals surface area contributed by atoms with Gasteiger partial charge in [0.05, 0.1) is 0 Å². The number of hydrogen-bond acceptors (Lipinski definition) is 3. The van der Waals surface area contributed by atoms with Crippen LogP contribution in [-0.2, 0) is 13.1 Å². The molecule has 0 amide bonds. The summed E-state index contributed by atoms with van der Waals surface area (Å²) in [5, 5.41) is 3.29. The third kappa shape index (κ3) is 4.77. The van der Waals surface area contributed by atoms with Crippen LogP contribution < -0.4 is 5.32 Å². The number of hydrogen-bond donors (Lipinski definition) is 1. The van der Waals surface area contributed by atoms with Crippen molar-refractivity contribution in [3.63, 3.8) is 0 Å². The van der Waals surface area contributed by atoms with Crippen LogP contribution in [0.15, 0.2) is 18.2 Å². The maximum absolute atomic E-state index is 14.0. The van der Waals surface area contributed by atoms with Gasteiger partial charge in [0.2, 0.25) is 0 Å². The van der Waals surface area contributed by atoms with Gasteiger partial charge in [-0.05, 0) is 51.7 Å². The summed E-state index contributed by atoms with van der Waals surface area (Å²) in [4.78, 5) is 4.66. The lowest BCUT2D eigenvalue weighted by atomic mass is 10.0. The second kappa shape index (κ2) is 7.87. The number of nitrogens with zero attached hydrogens (tertiary/aromatic N) is 2. The summed E-state index contributed by atoms with van der Waals surface area (Å²) in [6.45, 7) is 6.76. The Labute approximate surface area is 128 Å². The lowest BCUT2D eigenvalue weighted by molar-refractivity contribution is 0.128. The first-order valence-corrected chi connectivity index (χ1v) is 7.97. The lowest BCUT2D eigenvalue weighted by Gasteiger charge is -2.36. The van der Waals surface area contributed by atoms with Gasteiger partial charge in [-0.1, -0.05) is 19.1 Å². The van der Waals surface area contributed by atoms with Gasteiger partial charge in [-0.2, -0.15) is 0 Å². The van der Waals surface area contributed by atoms with Crippen molar-refractivity contribution in [1.82, 2.24) is 15.1 Å². The zero-order valence-corrected chi connectivity index (χ0v) is 13.5. The fourth-order valence-electron chi connectivity index (χ4n) is 3.03. The van der Waals surface area contributed by atoms with Crippen LogP contribution in [0.5, 0.6) is 0 Å². The van der Waals surface area contributed by atoms with Gasteiger partial charge in [-0.25, -0.2) is 4.39 Å². The Morgan fingerprint density at radius 1 is 1.43 bits per heavy atom. The Bertz CT molecular complexity index is 450. The summed E-state index contributed by atoms with van der Waals surface area (Å²) in [5.41, 5.74) is 1.96. The Kier molecular flexibility index (Phi) is 6.15. The van der Waals surface area contributed by atoms with Crippen LogP contribution in [-0.4, -0.2) is 49.6 Å². The van der Waals surface area contributed by atoms with Gasteiger partial charge in [0.1, 0.15) is 5.82 Å². The van der Waals surface area contributed by atoms with Gasteiger partial charge < -0.3 is 10.2 Å². The summed E-state index contributed by atoms with van der Waals surface area (Å²) < 4.78 is 14.0. The van der Waals surface area contributed by atoms with E-state index in [0.29, 0.717) is 12.6 Å². The predicted molar refractivity (Wildman–Crippen MR) is 85.8 cm³/mol. The first kappa shape index (κ1) is 16.4. The maximum Gasteiger partial charge on any atom is 0.127 e. The van der Waals surface area contributed by atoms with Crippen LogP contribution in [0.4, 0.5) is 4.39 Å². The molecule has 1 heterocycles. The minimum absolute atomic E-state index is 0.0914. The van der Waals surface area contributed by atoms with Crippen LogP contribution >= 0.6 is 0 Å². The van der Waals surface area contributed by atoms with Crippen LogP contribution in [0.25, 0.3) is 0 Å². The lowest BCUT2D eigenvalue weighted by Crippen LogP contribution is -2.44. The summed E-state index contributed by atoms with van der Waals surface area (Å²) in [6, 6.07) is 6.00. The third-order valence-corrected chi connectivity index (χ3v) is 4.33. The average Bonchev–Trinajstić information content (AvgIpc) is 2.48. The number of halogens is 1. The van der Waals surface area contributed by atoms with Gasteiger partial charge >= 0.3 is 0 Å². The SMILES string of the molecule is CCNCc1ccc(F)c(CN(C)C2CCCN(C)C2)c1. The number of piperidine rings is 1. The first-order valence-electron chi connectivity index (χ1n) is 7.97. The van der Waals surface area contributed by atoms with E-state index in [9.17, 15) is 4.39 Å². The van der Waals surface area contributed by atoms with E-state index in [0.717, 1.165) is 30.8 Å². The topological polar surface area (TPSA) is 18.5 Å². The summed E-state index contributed by atoms with van der Waals surface area (Å²) in [6.07, 6.45) is 2.44. The van der Waals surface area contributed by atoms with Crippen molar-refractivity contribution in [2.24, 2.45) is 0 Å². The number of likely N-dealkylation sites (N-methyl/N-ethyl adjacent to an activating group) is 2. The van der Waals surface area contributed by atoms with E-state index in [2.05, 4.69) is 36.1 Å². The van der Waals surface area contributed by atoms with Gasteiger partial charge in [0.15, 0.2) is 0 Å². The molecule has 0 spiro atoms. The number of rotatable bonds is 6. The maximum atomic E-state index is 14.0. The van der Waals surface area contributed by atoms with Gasteiger partial charge in [-0.15, -0.1) is 0 Å². The second-order valence-corrected chi connectivity index (χ2v) is 6.18. The summed E-state index contributed by atoms with van der Waals surface area (Å²) >= 11 is 0. The van der Waals surface area contributed by atoms with Crippen molar-refractivity contribution in [3.8, 4) is 0 Å². The van der Waals surface area contributed by atoms with Crippen molar-refractivity contribution < 1.29 is 4.39 Å². The number of nitrogens with one attached hydrogen (secondary N) is 1. The van der Waals surface area contributed by atoms with E-state index in [1.807, 2.05) is 12.1 Å². The quantitative estimate of drug-likeness (QED) is 0.869. The molecular weight excluding hydrogens is 265 g/mol. The molecule has 1 aromatic carbocycles. The van der Waals surface area contributed by atoms with Crippen molar-refractivity contribution in [2.45, 2.75) is 38.9 Å². The van der Waals surface area contributed by atoms with Crippen molar-refractivity contribution in [2.75, 3.05) is 33.7 Å². The molecule has 2 rings (SSSR count). The molecule has 1 aliphatic heterocycles. The molecule has 1 aliphatic rings. The van der Waals surface area contributed by atoms with Crippen LogP contribution in [0.1, 0.15) is 30.9 Å². The first-order chi connectivity index (χ1) is 10.1. The minimum atomic E-state index is -0.0914. The molecule has 0 radical (unpaired) electrons. The van der Waals surface area contributed by atoms with Crippen LogP contribution in [0, 0.1) is 5.82 Å². The number of likely N-dealkylation sites (tertiary alicyclic amines) is 1. The van der Waals surface area contributed by atoms with Crippen molar-refractivity contribution in [3.05, 3.63) is 35.1 Å². The Morgan fingerprint density at radius 2 is 2.24 bits per heavy atom. The van der Waals surface area contributed by atoms with Crippen LogP contribution in [0.3, 0.4) is 0 Å². The van der Waals surface area contributed by atoms with E-state index >= 15 is 0 Å². The molecule has 21 heavy (non-hydrogen) atoms. The van der Waals surface area contributed by atoms with Crippen molar-refractivity contribution in [1.29, 1.82) is 0 Å². The molecule has 0 aliphatic carbocycles. The standard InChI is InChI=1S/C17H28FN3/c1-4-19-11-14-7-8-17(18)15(10-14)12-21(3)16-6-5-9-20(2)13-16/h7-8,10,16,19H,4-6,9,11-13H2,1-3H3.